The zero-order valence-electron chi connectivity index (χ0n) is 10.6. The van der Waals surface area contributed by atoms with E-state index >= 15 is 0 Å². The topological polar surface area (TPSA) is 69.6 Å². The predicted octanol–water partition coefficient (Wildman–Crippen LogP) is 2.44. The van der Waals surface area contributed by atoms with E-state index in [4.69, 9.17) is 17.3 Å². The van der Waals surface area contributed by atoms with Gasteiger partial charge in [-0.1, -0.05) is 41.9 Å². The first-order chi connectivity index (χ1) is 9.78. The molecule has 20 heavy (non-hydrogen) atoms. The van der Waals surface area contributed by atoms with Gasteiger partial charge in [-0.15, -0.1) is 15.0 Å². The lowest BCUT2D eigenvalue weighted by Crippen LogP contribution is -2.07. The summed E-state index contributed by atoms with van der Waals surface area (Å²) in [5, 5.41) is 13.2. The van der Waals surface area contributed by atoms with Crippen LogP contribution >= 0.6 is 11.6 Å². The van der Waals surface area contributed by atoms with Gasteiger partial charge in [0.1, 0.15) is 0 Å². The largest absolute Gasteiger partial charge is 0.326 e. The fourth-order valence-corrected chi connectivity index (χ4v) is 2.13. The van der Waals surface area contributed by atoms with E-state index in [-0.39, 0.29) is 0 Å². The molecule has 100 valence electrons. The molecule has 0 bridgehead atoms. The maximum absolute atomic E-state index is 5.96. The molecule has 3 aromatic rings. The second-order valence-corrected chi connectivity index (χ2v) is 4.68. The van der Waals surface area contributed by atoms with E-state index in [0.717, 1.165) is 16.8 Å². The number of rotatable bonds is 3. The fourth-order valence-electron chi connectivity index (χ4n) is 1.93. The number of aromatic nitrogens is 4. The van der Waals surface area contributed by atoms with Crippen LogP contribution in [0.3, 0.4) is 0 Å². The highest BCUT2D eigenvalue weighted by Crippen LogP contribution is 2.19. The summed E-state index contributed by atoms with van der Waals surface area (Å²) < 4.78 is 0. The summed E-state index contributed by atoms with van der Waals surface area (Å²) >= 11 is 5.96. The van der Waals surface area contributed by atoms with Crippen LogP contribution in [0.2, 0.25) is 5.02 Å². The summed E-state index contributed by atoms with van der Waals surface area (Å²) in [5.41, 5.74) is 8.30. The summed E-state index contributed by atoms with van der Waals surface area (Å²) in [7, 11) is 0. The first-order valence-electron chi connectivity index (χ1n) is 6.12. The summed E-state index contributed by atoms with van der Waals surface area (Å²) in [6.07, 6.45) is 0. The van der Waals surface area contributed by atoms with Crippen molar-refractivity contribution in [1.29, 1.82) is 0 Å². The van der Waals surface area contributed by atoms with Gasteiger partial charge in [0.25, 0.3) is 0 Å². The Hall–Kier alpha value is -2.24. The Morgan fingerprint density at radius 2 is 1.90 bits per heavy atom. The molecule has 0 unspecified atom stereocenters. The number of hydrogen-bond acceptors (Lipinski definition) is 4. The van der Waals surface area contributed by atoms with Gasteiger partial charge in [0, 0.05) is 17.1 Å². The van der Waals surface area contributed by atoms with Gasteiger partial charge >= 0.3 is 0 Å². The molecule has 0 saturated heterocycles. The maximum Gasteiger partial charge on any atom is 0.205 e. The van der Waals surface area contributed by atoms with Gasteiger partial charge in [0.15, 0.2) is 0 Å². The lowest BCUT2D eigenvalue weighted by Gasteiger charge is -2.05. The van der Waals surface area contributed by atoms with Crippen LogP contribution in [-0.4, -0.2) is 20.2 Å². The third kappa shape index (κ3) is 2.41. The van der Waals surface area contributed by atoms with Crippen LogP contribution in [-0.2, 0) is 6.54 Å². The monoisotopic (exact) mass is 285 g/mol. The van der Waals surface area contributed by atoms with Crippen LogP contribution in [0.25, 0.3) is 17.1 Å². The molecule has 6 heteroatoms. The van der Waals surface area contributed by atoms with Crippen molar-refractivity contribution in [3.05, 3.63) is 59.1 Å². The van der Waals surface area contributed by atoms with E-state index in [1.54, 1.807) is 6.07 Å². The average molecular weight is 286 g/mol. The number of benzene rings is 2. The molecule has 2 aromatic carbocycles. The molecule has 0 amide bonds. The average Bonchev–Trinajstić information content (AvgIpc) is 2.97. The van der Waals surface area contributed by atoms with Crippen molar-refractivity contribution in [3.8, 4) is 17.1 Å². The zero-order chi connectivity index (χ0) is 13.9. The zero-order valence-corrected chi connectivity index (χ0v) is 11.3. The minimum Gasteiger partial charge on any atom is -0.326 e. The molecule has 2 N–H and O–H groups in total. The Kier molecular flexibility index (Phi) is 3.45. The SMILES string of the molecule is NCc1cc(Cl)ccc1-n1nnc(-c2ccccc2)n1. The normalized spacial score (nSPS) is 10.7. The van der Waals surface area contributed by atoms with E-state index < -0.39 is 0 Å². The van der Waals surface area contributed by atoms with E-state index in [1.165, 1.54) is 4.80 Å². The quantitative estimate of drug-likeness (QED) is 0.802. The predicted molar refractivity (Wildman–Crippen MR) is 77.5 cm³/mol. The van der Waals surface area contributed by atoms with Gasteiger partial charge in [-0.2, -0.15) is 0 Å². The van der Waals surface area contributed by atoms with Crippen molar-refractivity contribution < 1.29 is 0 Å². The highest BCUT2D eigenvalue weighted by molar-refractivity contribution is 6.30. The van der Waals surface area contributed by atoms with Gasteiger partial charge in [-0.3, -0.25) is 0 Å². The number of nitrogens with two attached hydrogens (primary N) is 1. The Labute approximate surface area is 121 Å². The smallest absolute Gasteiger partial charge is 0.205 e. The molecule has 0 spiro atoms. The molecule has 0 saturated carbocycles. The third-order valence-corrected chi connectivity index (χ3v) is 3.16. The Balaban J connectivity index is 2.02. The number of tetrazole rings is 1. The first-order valence-corrected chi connectivity index (χ1v) is 6.50. The molecular weight excluding hydrogens is 274 g/mol. The van der Waals surface area contributed by atoms with Crippen molar-refractivity contribution in [1.82, 2.24) is 20.2 Å². The highest BCUT2D eigenvalue weighted by atomic mass is 35.5. The van der Waals surface area contributed by atoms with Crippen molar-refractivity contribution in [3.63, 3.8) is 0 Å². The van der Waals surface area contributed by atoms with Crippen molar-refractivity contribution in [2.75, 3.05) is 0 Å². The summed E-state index contributed by atoms with van der Waals surface area (Å²) in [4.78, 5) is 1.47. The van der Waals surface area contributed by atoms with Crippen LogP contribution in [0.4, 0.5) is 0 Å². The Morgan fingerprint density at radius 3 is 2.65 bits per heavy atom. The van der Waals surface area contributed by atoms with Gasteiger partial charge < -0.3 is 5.73 Å². The van der Waals surface area contributed by atoms with Gasteiger partial charge in [0.05, 0.1) is 5.69 Å². The maximum atomic E-state index is 5.96. The molecular formula is C14H12ClN5. The van der Waals surface area contributed by atoms with E-state index in [1.807, 2.05) is 42.5 Å². The van der Waals surface area contributed by atoms with Gasteiger partial charge in [0.2, 0.25) is 5.82 Å². The van der Waals surface area contributed by atoms with Crippen molar-refractivity contribution in [2.24, 2.45) is 5.73 Å². The minimum absolute atomic E-state index is 0.359. The van der Waals surface area contributed by atoms with Crippen LogP contribution in [0.15, 0.2) is 48.5 Å². The Bertz CT molecular complexity index is 723. The van der Waals surface area contributed by atoms with Gasteiger partial charge in [-0.25, -0.2) is 0 Å². The fraction of sp³-hybridized carbons (Fsp3) is 0.0714. The second kappa shape index (κ2) is 5.40. The molecule has 1 aromatic heterocycles. The lowest BCUT2D eigenvalue weighted by molar-refractivity contribution is 0.711. The molecule has 3 rings (SSSR count). The molecule has 0 aliphatic carbocycles. The number of nitrogens with zero attached hydrogens (tertiary/aromatic N) is 4. The molecule has 0 fully saturated rings. The van der Waals surface area contributed by atoms with Crippen molar-refractivity contribution >= 4 is 11.6 Å². The number of halogens is 1. The third-order valence-electron chi connectivity index (χ3n) is 2.92. The summed E-state index contributed by atoms with van der Waals surface area (Å²) in [6.45, 7) is 0.359. The second-order valence-electron chi connectivity index (χ2n) is 4.25. The summed E-state index contributed by atoms with van der Waals surface area (Å²) in [5.74, 6) is 0.573. The van der Waals surface area contributed by atoms with E-state index in [0.29, 0.717) is 17.4 Å². The minimum atomic E-state index is 0.359. The summed E-state index contributed by atoms with van der Waals surface area (Å²) in [6, 6.07) is 15.1. The van der Waals surface area contributed by atoms with Crippen molar-refractivity contribution in [2.45, 2.75) is 6.54 Å². The molecule has 5 nitrogen and oxygen atoms in total. The molecule has 0 aliphatic heterocycles. The molecule has 0 radical (unpaired) electrons. The lowest BCUT2D eigenvalue weighted by atomic mass is 10.2. The van der Waals surface area contributed by atoms with Gasteiger partial charge in [-0.05, 0) is 29.0 Å². The van der Waals surface area contributed by atoms with Crippen LogP contribution in [0, 0.1) is 0 Å². The van der Waals surface area contributed by atoms with Crippen LogP contribution in [0.1, 0.15) is 5.56 Å². The Morgan fingerprint density at radius 1 is 1.10 bits per heavy atom. The van der Waals surface area contributed by atoms with Crippen LogP contribution in [0.5, 0.6) is 0 Å². The van der Waals surface area contributed by atoms with E-state index in [2.05, 4.69) is 15.4 Å². The highest BCUT2D eigenvalue weighted by Gasteiger charge is 2.10. The number of hydrogen-bond donors (Lipinski definition) is 1. The molecule has 0 atom stereocenters. The molecule has 1 heterocycles. The molecule has 0 aliphatic rings. The first kappa shape index (κ1) is 12.8. The van der Waals surface area contributed by atoms with Crippen LogP contribution < -0.4 is 5.73 Å². The van der Waals surface area contributed by atoms with E-state index in [9.17, 15) is 0 Å². The standard InChI is InChI=1S/C14H12ClN5/c15-12-6-7-13(11(8-12)9-16)20-18-14(17-19-20)10-4-2-1-3-5-10/h1-8H,9,16H2.